The highest BCUT2D eigenvalue weighted by molar-refractivity contribution is 6.31. The number of hydrogen-bond acceptors (Lipinski definition) is 2. The van der Waals surface area contributed by atoms with Crippen molar-refractivity contribution in [2.45, 2.75) is 46.2 Å². The van der Waals surface area contributed by atoms with Gasteiger partial charge >= 0.3 is 0 Å². The number of carbonyl (C=O) groups excluding carboxylic acids is 1. The van der Waals surface area contributed by atoms with E-state index in [0.717, 1.165) is 42.7 Å². The van der Waals surface area contributed by atoms with E-state index in [1.165, 1.54) is 12.1 Å². The van der Waals surface area contributed by atoms with E-state index >= 15 is 0 Å². The van der Waals surface area contributed by atoms with Crippen LogP contribution in [0.5, 0.6) is 0 Å². The number of rotatable bonds is 8. The van der Waals surface area contributed by atoms with Crippen LogP contribution in [0.3, 0.4) is 0 Å². The summed E-state index contributed by atoms with van der Waals surface area (Å²) in [6, 6.07) is 11.5. The van der Waals surface area contributed by atoms with E-state index in [0.29, 0.717) is 23.7 Å². The molecule has 0 fully saturated rings. The monoisotopic (exact) mass is 401 g/mol. The summed E-state index contributed by atoms with van der Waals surface area (Å²) < 4.78 is 15.7. The lowest BCUT2D eigenvalue weighted by Gasteiger charge is -2.23. The van der Waals surface area contributed by atoms with Gasteiger partial charge in [-0.1, -0.05) is 37.9 Å². The third kappa shape index (κ3) is 4.53. The van der Waals surface area contributed by atoms with Crippen molar-refractivity contribution in [3.63, 3.8) is 0 Å². The highest BCUT2D eigenvalue weighted by atomic mass is 35.5. The minimum absolute atomic E-state index is 0.180. The first-order chi connectivity index (χ1) is 13.5. The summed E-state index contributed by atoms with van der Waals surface area (Å²) in [6.45, 7) is 5.96. The molecule has 0 saturated carbocycles. The molecule has 0 bridgehead atoms. The fourth-order valence-corrected chi connectivity index (χ4v) is 3.48. The Morgan fingerprint density at radius 1 is 1.18 bits per heavy atom. The maximum absolute atomic E-state index is 13.6. The number of amides is 1. The van der Waals surface area contributed by atoms with Crippen LogP contribution >= 0.6 is 11.6 Å². The van der Waals surface area contributed by atoms with Gasteiger partial charge in [0.25, 0.3) is 5.91 Å². The van der Waals surface area contributed by atoms with Gasteiger partial charge in [0, 0.05) is 23.7 Å². The van der Waals surface area contributed by atoms with E-state index in [1.807, 2.05) is 18.2 Å². The predicted octanol–water partition coefficient (Wildman–Crippen LogP) is 5.68. The second kappa shape index (κ2) is 9.20. The Morgan fingerprint density at radius 3 is 2.71 bits per heavy atom. The SMILES string of the molecule is CCCCN(Cc1nc2ccc(Cl)cc2n1CCC)C(=O)c1cccc(F)c1. The zero-order chi connectivity index (χ0) is 20.1. The molecule has 0 unspecified atom stereocenters. The number of imidazole rings is 1. The molecule has 148 valence electrons. The molecule has 3 aromatic rings. The standard InChI is InChI=1S/C22H25ClFN3O/c1-3-5-12-26(22(28)16-7-6-8-18(24)13-16)15-21-25-19-10-9-17(23)14-20(19)27(21)11-4-2/h6-10,13-14H,3-5,11-12,15H2,1-2H3. The average molecular weight is 402 g/mol. The van der Waals surface area contributed by atoms with Crippen molar-refractivity contribution in [3.05, 3.63) is 64.7 Å². The van der Waals surface area contributed by atoms with Gasteiger partial charge in [-0.25, -0.2) is 9.37 Å². The van der Waals surface area contributed by atoms with Crippen LogP contribution in [0.15, 0.2) is 42.5 Å². The second-order valence-electron chi connectivity index (χ2n) is 6.90. The Labute approximate surface area is 169 Å². The van der Waals surface area contributed by atoms with Crippen LogP contribution in [0.4, 0.5) is 4.39 Å². The van der Waals surface area contributed by atoms with Crippen molar-refractivity contribution in [2.24, 2.45) is 0 Å². The Morgan fingerprint density at radius 2 is 2.00 bits per heavy atom. The molecule has 1 amide bonds. The second-order valence-corrected chi connectivity index (χ2v) is 7.34. The van der Waals surface area contributed by atoms with E-state index in [4.69, 9.17) is 16.6 Å². The van der Waals surface area contributed by atoms with E-state index in [9.17, 15) is 9.18 Å². The van der Waals surface area contributed by atoms with Crippen LogP contribution in [-0.4, -0.2) is 26.9 Å². The topological polar surface area (TPSA) is 38.1 Å². The van der Waals surface area contributed by atoms with E-state index in [-0.39, 0.29) is 5.91 Å². The molecule has 0 saturated heterocycles. The van der Waals surface area contributed by atoms with Gasteiger partial charge in [0.1, 0.15) is 11.6 Å². The highest BCUT2D eigenvalue weighted by Crippen LogP contribution is 2.23. The summed E-state index contributed by atoms with van der Waals surface area (Å²) in [5, 5.41) is 0.662. The zero-order valence-corrected chi connectivity index (χ0v) is 17.0. The molecule has 2 aromatic carbocycles. The summed E-state index contributed by atoms with van der Waals surface area (Å²) in [4.78, 5) is 19.6. The third-order valence-corrected chi connectivity index (χ3v) is 4.94. The number of nitrogens with zero attached hydrogens (tertiary/aromatic N) is 3. The fraction of sp³-hybridized carbons (Fsp3) is 0.364. The van der Waals surface area contributed by atoms with Gasteiger partial charge in [-0.05, 0) is 49.2 Å². The summed E-state index contributed by atoms with van der Waals surface area (Å²) in [5.41, 5.74) is 2.19. The number of benzene rings is 2. The first-order valence-corrected chi connectivity index (χ1v) is 10.1. The normalized spacial score (nSPS) is 11.1. The Kier molecular flexibility index (Phi) is 6.68. The van der Waals surface area contributed by atoms with Crippen molar-refractivity contribution in [3.8, 4) is 0 Å². The largest absolute Gasteiger partial charge is 0.331 e. The van der Waals surface area contributed by atoms with Crippen molar-refractivity contribution >= 4 is 28.5 Å². The van der Waals surface area contributed by atoms with Crippen molar-refractivity contribution in [1.29, 1.82) is 0 Å². The maximum atomic E-state index is 13.6. The van der Waals surface area contributed by atoms with Gasteiger partial charge in [0.2, 0.25) is 0 Å². The number of unbranched alkanes of at least 4 members (excludes halogenated alkanes) is 1. The number of halogens is 2. The maximum Gasteiger partial charge on any atom is 0.254 e. The van der Waals surface area contributed by atoms with Crippen LogP contribution in [0.2, 0.25) is 5.02 Å². The van der Waals surface area contributed by atoms with E-state index in [2.05, 4.69) is 18.4 Å². The number of hydrogen-bond donors (Lipinski definition) is 0. The Bertz CT molecular complexity index is 970. The lowest BCUT2D eigenvalue weighted by atomic mass is 10.2. The molecule has 4 nitrogen and oxygen atoms in total. The zero-order valence-electron chi connectivity index (χ0n) is 16.3. The van der Waals surface area contributed by atoms with Crippen molar-refractivity contribution in [1.82, 2.24) is 14.5 Å². The molecule has 0 atom stereocenters. The van der Waals surface area contributed by atoms with Gasteiger partial charge < -0.3 is 9.47 Å². The molecule has 0 spiro atoms. The summed E-state index contributed by atoms with van der Waals surface area (Å²) in [5.74, 6) is 0.232. The van der Waals surface area contributed by atoms with Crippen LogP contribution in [0.1, 0.15) is 49.3 Å². The molecule has 1 heterocycles. The molecular weight excluding hydrogens is 377 g/mol. The minimum atomic E-state index is -0.408. The van der Waals surface area contributed by atoms with Gasteiger partial charge in [-0.2, -0.15) is 0 Å². The lowest BCUT2D eigenvalue weighted by Crippen LogP contribution is -2.32. The first kappa shape index (κ1) is 20.3. The Balaban J connectivity index is 1.96. The summed E-state index contributed by atoms with van der Waals surface area (Å²) in [7, 11) is 0. The number of carbonyl (C=O) groups is 1. The van der Waals surface area contributed by atoms with Crippen LogP contribution in [0.25, 0.3) is 11.0 Å². The van der Waals surface area contributed by atoms with Gasteiger partial charge in [0.15, 0.2) is 0 Å². The predicted molar refractivity (Wildman–Crippen MR) is 111 cm³/mol. The molecule has 1 aromatic heterocycles. The minimum Gasteiger partial charge on any atom is -0.331 e. The lowest BCUT2D eigenvalue weighted by molar-refractivity contribution is 0.0734. The molecule has 28 heavy (non-hydrogen) atoms. The third-order valence-electron chi connectivity index (χ3n) is 4.71. The number of fused-ring (bicyclic) bond motifs is 1. The Hall–Kier alpha value is -2.40. The summed E-state index contributed by atoms with van der Waals surface area (Å²) in [6.07, 6.45) is 2.78. The van der Waals surface area contributed by atoms with Crippen LogP contribution in [-0.2, 0) is 13.1 Å². The number of aryl methyl sites for hydroxylation is 1. The smallest absolute Gasteiger partial charge is 0.254 e. The molecule has 0 aliphatic rings. The number of aromatic nitrogens is 2. The van der Waals surface area contributed by atoms with Gasteiger partial charge in [-0.15, -0.1) is 0 Å². The molecule has 0 aliphatic heterocycles. The molecule has 0 N–H and O–H groups in total. The average Bonchev–Trinajstić information content (AvgIpc) is 3.01. The van der Waals surface area contributed by atoms with Crippen molar-refractivity contribution in [2.75, 3.05) is 6.54 Å². The van der Waals surface area contributed by atoms with E-state index < -0.39 is 5.82 Å². The molecule has 6 heteroatoms. The molecular formula is C22H25ClFN3O. The van der Waals surface area contributed by atoms with Gasteiger partial charge in [-0.3, -0.25) is 4.79 Å². The van der Waals surface area contributed by atoms with Crippen LogP contribution < -0.4 is 0 Å². The summed E-state index contributed by atoms with van der Waals surface area (Å²) >= 11 is 6.18. The van der Waals surface area contributed by atoms with Gasteiger partial charge in [0.05, 0.1) is 17.6 Å². The molecule has 0 aliphatic carbocycles. The first-order valence-electron chi connectivity index (χ1n) is 9.73. The van der Waals surface area contributed by atoms with Crippen molar-refractivity contribution < 1.29 is 9.18 Å². The fourth-order valence-electron chi connectivity index (χ4n) is 3.32. The molecule has 3 rings (SSSR count). The highest BCUT2D eigenvalue weighted by Gasteiger charge is 2.20. The van der Waals surface area contributed by atoms with Crippen LogP contribution in [0, 0.1) is 5.82 Å². The quantitative estimate of drug-likeness (QED) is 0.487. The molecule has 0 radical (unpaired) electrons. The van der Waals surface area contributed by atoms with E-state index in [1.54, 1.807) is 17.0 Å².